The summed E-state index contributed by atoms with van der Waals surface area (Å²) >= 11 is 5.96. The van der Waals surface area contributed by atoms with Crippen molar-refractivity contribution in [1.82, 2.24) is 19.7 Å². The molecule has 1 amide bonds. The fourth-order valence-electron chi connectivity index (χ4n) is 3.74. The minimum Gasteiger partial charge on any atom is -0.466 e. The molecule has 0 radical (unpaired) electrons. The first-order chi connectivity index (χ1) is 13.9. The smallest absolute Gasteiger partial charge is 0.260 e. The first-order valence-electron chi connectivity index (χ1n) is 9.64. The van der Waals surface area contributed by atoms with Crippen molar-refractivity contribution in [3.8, 4) is 5.88 Å². The minimum atomic E-state index is -0.0303. The maximum atomic E-state index is 12.7. The van der Waals surface area contributed by atoms with Crippen LogP contribution in [0.25, 0.3) is 11.0 Å². The number of carbonyl (C=O) groups excluding carboxylic acids is 1. The number of aromatic nitrogens is 3. The van der Waals surface area contributed by atoms with Crippen LogP contribution < -0.4 is 9.64 Å². The molecule has 152 valence electrons. The quantitative estimate of drug-likeness (QED) is 0.658. The van der Waals surface area contributed by atoms with E-state index in [4.69, 9.17) is 16.3 Å². The van der Waals surface area contributed by atoms with Crippen molar-refractivity contribution in [2.45, 2.75) is 13.8 Å². The number of benzene rings is 1. The van der Waals surface area contributed by atoms with Gasteiger partial charge in [0.2, 0.25) is 5.88 Å². The van der Waals surface area contributed by atoms with Gasteiger partial charge in [-0.1, -0.05) is 11.6 Å². The van der Waals surface area contributed by atoms with Crippen molar-refractivity contribution in [2.24, 2.45) is 7.05 Å². The highest BCUT2D eigenvalue weighted by atomic mass is 35.5. The van der Waals surface area contributed by atoms with E-state index in [1.165, 1.54) is 0 Å². The number of nitrogens with zero attached hydrogens (tertiary/aromatic N) is 5. The van der Waals surface area contributed by atoms with E-state index in [2.05, 4.69) is 15.0 Å². The average molecular weight is 414 g/mol. The number of anilines is 1. The predicted molar refractivity (Wildman–Crippen MR) is 114 cm³/mol. The molecule has 0 saturated carbocycles. The van der Waals surface area contributed by atoms with Gasteiger partial charge in [0.15, 0.2) is 12.3 Å². The summed E-state index contributed by atoms with van der Waals surface area (Å²) < 4.78 is 7.50. The van der Waals surface area contributed by atoms with Crippen LogP contribution in [0.4, 0.5) is 5.69 Å². The first-order valence-corrected chi connectivity index (χ1v) is 10.0. The molecule has 1 aliphatic heterocycles. The number of amides is 1. The van der Waals surface area contributed by atoms with E-state index in [1.54, 1.807) is 4.68 Å². The molecule has 1 fully saturated rings. The van der Waals surface area contributed by atoms with Crippen molar-refractivity contribution in [3.05, 3.63) is 46.6 Å². The lowest BCUT2D eigenvalue weighted by atomic mass is 10.2. The number of ether oxygens (including phenoxy) is 1. The zero-order valence-electron chi connectivity index (χ0n) is 16.9. The molecule has 0 aliphatic carbocycles. The van der Waals surface area contributed by atoms with Crippen LogP contribution in [0.1, 0.15) is 11.3 Å². The Morgan fingerprint density at radius 2 is 1.83 bits per heavy atom. The number of piperazine rings is 1. The Morgan fingerprint density at radius 1 is 1.14 bits per heavy atom. The molecule has 1 aliphatic rings. The van der Waals surface area contributed by atoms with Gasteiger partial charge in [-0.3, -0.25) is 4.79 Å². The molecule has 0 spiro atoms. The van der Waals surface area contributed by atoms with Crippen LogP contribution in [0.5, 0.6) is 5.88 Å². The molecule has 0 bridgehead atoms. The van der Waals surface area contributed by atoms with Gasteiger partial charge in [-0.2, -0.15) is 0 Å². The Balaban J connectivity index is 1.37. The van der Waals surface area contributed by atoms with Gasteiger partial charge in [-0.05, 0) is 49.7 Å². The minimum absolute atomic E-state index is 0.0274. The molecule has 4 rings (SSSR count). The normalized spacial score (nSPS) is 14.5. The number of hydrogen-bond acceptors (Lipinski definition) is 5. The summed E-state index contributed by atoms with van der Waals surface area (Å²) in [5, 5.41) is 5.99. The summed E-state index contributed by atoms with van der Waals surface area (Å²) in [6, 6.07) is 9.78. The molecule has 1 saturated heterocycles. The molecule has 3 aromatic rings. The Hall–Kier alpha value is -2.80. The zero-order valence-corrected chi connectivity index (χ0v) is 17.6. The Morgan fingerprint density at radius 3 is 2.52 bits per heavy atom. The molecular formula is C21H24ClN5O2. The van der Waals surface area contributed by atoms with Crippen molar-refractivity contribution in [3.63, 3.8) is 0 Å². The van der Waals surface area contributed by atoms with Crippen LogP contribution in [0.15, 0.2) is 30.3 Å². The molecule has 0 unspecified atom stereocenters. The third kappa shape index (κ3) is 4.00. The van der Waals surface area contributed by atoms with Crippen molar-refractivity contribution in [1.29, 1.82) is 0 Å². The summed E-state index contributed by atoms with van der Waals surface area (Å²) in [6.07, 6.45) is 0. The second-order valence-corrected chi connectivity index (χ2v) is 7.78. The molecule has 3 heterocycles. The topological polar surface area (TPSA) is 63.5 Å². The van der Waals surface area contributed by atoms with Crippen LogP contribution in [-0.2, 0) is 11.8 Å². The van der Waals surface area contributed by atoms with Gasteiger partial charge in [-0.15, -0.1) is 5.10 Å². The number of rotatable bonds is 4. The highest BCUT2D eigenvalue weighted by Crippen LogP contribution is 2.27. The van der Waals surface area contributed by atoms with Gasteiger partial charge < -0.3 is 14.5 Å². The summed E-state index contributed by atoms with van der Waals surface area (Å²) in [5.41, 5.74) is 3.86. The molecule has 8 heteroatoms. The van der Waals surface area contributed by atoms with Crippen LogP contribution >= 0.6 is 11.6 Å². The predicted octanol–water partition coefficient (Wildman–Crippen LogP) is 2.97. The number of pyridine rings is 1. The SMILES string of the molecule is Cc1cc(C)c2c(OCC(=O)N3CCN(c4ccc(Cl)cc4)CC3)nn(C)c2n1. The largest absolute Gasteiger partial charge is 0.466 e. The summed E-state index contributed by atoms with van der Waals surface area (Å²) in [5.74, 6) is 0.429. The lowest BCUT2D eigenvalue weighted by Crippen LogP contribution is -2.50. The zero-order chi connectivity index (χ0) is 20.5. The second-order valence-electron chi connectivity index (χ2n) is 7.34. The molecule has 29 heavy (non-hydrogen) atoms. The van der Waals surface area contributed by atoms with E-state index in [-0.39, 0.29) is 12.5 Å². The molecule has 0 N–H and O–H groups in total. The third-order valence-corrected chi connectivity index (χ3v) is 5.50. The van der Waals surface area contributed by atoms with Gasteiger partial charge >= 0.3 is 0 Å². The molecule has 7 nitrogen and oxygen atoms in total. The molecular weight excluding hydrogens is 390 g/mol. The summed E-state index contributed by atoms with van der Waals surface area (Å²) in [7, 11) is 1.83. The van der Waals surface area contributed by atoms with E-state index < -0.39 is 0 Å². The van der Waals surface area contributed by atoms with Crippen LogP contribution in [-0.4, -0.2) is 58.4 Å². The molecule has 0 atom stereocenters. The van der Waals surface area contributed by atoms with Gasteiger partial charge in [0.25, 0.3) is 5.91 Å². The van der Waals surface area contributed by atoms with Crippen molar-refractivity contribution in [2.75, 3.05) is 37.7 Å². The lowest BCUT2D eigenvalue weighted by Gasteiger charge is -2.36. The standard InChI is InChI=1S/C21H24ClN5O2/c1-14-12-15(2)23-20-19(14)21(24-25(20)3)29-13-18(28)27-10-8-26(9-11-27)17-6-4-16(22)5-7-17/h4-7,12H,8-11,13H2,1-3H3. The number of aryl methyl sites for hydroxylation is 3. The van der Waals surface area contributed by atoms with E-state index in [0.29, 0.717) is 19.0 Å². The number of fused-ring (bicyclic) bond motifs is 1. The summed E-state index contributed by atoms with van der Waals surface area (Å²) in [6.45, 7) is 6.81. The fourth-order valence-corrected chi connectivity index (χ4v) is 3.86. The second kappa shape index (κ2) is 7.91. The maximum absolute atomic E-state index is 12.7. The van der Waals surface area contributed by atoms with E-state index in [0.717, 1.165) is 46.1 Å². The molecule has 2 aromatic heterocycles. The van der Waals surface area contributed by atoms with E-state index in [9.17, 15) is 4.79 Å². The van der Waals surface area contributed by atoms with Crippen LogP contribution in [0, 0.1) is 13.8 Å². The van der Waals surface area contributed by atoms with Gasteiger partial charge in [-0.25, -0.2) is 9.67 Å². The lowest BCUT2D eigenvalue weighted by molar-refractivity contribution is -0.133. The van der Waals surface area contributed by atoms with Crippen LogP contribution in [0.2, 0.25) is 5.02 Å². The summed E-state index contributed by atoms with van der Waals surface area (Å²) in [4.78, 5) is 21.3. The average Bonchev–Trinajstić information content (AvgIpc) is 3.02. The van der Waals surface area contributed by atoms with Gasteiger partial charge in [0.05, 0.1) is 5.39 Å². The maximum Gasteiger partial charge on any atom is 0.260 e. The first kappa shape index (κ1) is 19.5. The van der Waals surface area contributed by atoms with Crippen LogP contribution in [0.3, 0.4) is 0 Å². The number of carbonyl (C=O) groups is 1. The number of hydrogen-bond donors (Lipinski definition) is 0. The Labute approximate surface area is 174 Å². The Kier molecular flexibility index (Phi) is 5.32. The van der Waals surface area contributed by atoms with Crippen molar-refractivity contribution < 1.29 is 9.53 Å². The highest BCUT2D eigenvalue weighted by molar-refractivity contribution is 6.30. The van der Waals surface area contributed by atoms with Gasteiger partial charge in [0.1, 0.15) is 0 Å². The monoisotopic (exact) mass is 413 g/mol. The van der Waals surface area contributed by atoms with Gasteiger partial charge in [0, 0.05) is 49.6 Å². The molecule has 1 aromatic carbocycles. The van der Waals surface area contributed by atoms with Crippen molar-refractivity contribution >= 4 is 34.2 Å². The van der Waals surface area contributed by atoms with E-state index in [1.807, 2.05) is 56.1 Å². The Bertz CT molecular complexity index is 1040. The fraction of sp³-hybridized carbons (Fsp3) is 0.381. The highest BCUT2D eigenvalue weighted by Gasteiger charge is 2.23. The van der Waals surface area contributed by atoms with E-state index >= 15 is 0 Å². The third-order valence-electron chi connectivity index (χ3n) is 5.24. The number of halogens is 1.